The molecular weight excluding hydrogens is 434 g/mol. The number of amides is 2. The van der Waals surface area contributed by atoms with E-state index in [2.05, 4.69) is 51.9 Å². The van der Waals surface area contributed by atoms with Gasteiger partial charge in [-0.25, -0.2) is 0 Å². The fourth-order valence-electron chi connectivity index (χ4n) is 5.27. The average Bonchev–Trinajstić information content (AvgIpc) is 3.44. The lowest BCUT2D eigenvalue weighted by atomic mass is 9.98. The van der Waals surface area contributed by atoms with Gasteiger partial charge in [0, 0.05) is 36.9 Å². The van der Waals surface area contributed by atoms with Crippen LogP contribution in [0.2, 0.25) is 0 Å². The standard InChI is InChI=1S/C30H33N3O2/c34-29(24-11-5-6-12-24)32-26-14-15-28(33-19-17-23-10-4-7-13-25(23)21-33)27(20-26)30(35)31-18-16-22-8-2-1-3-9-22/h1-4,7-10,13-15,20,24H,5-6,11-12,16-19,21H2,(H,31,35)(H,32,34). The number of nitrogens with zero attached hydrogens (tertiary/aromatic N) is 1. The van der Waals surface area contributed by atoms with Crippen LogP contribution in [0.1, 0.15) is 52.7 Å². The molecule has 3 aromatic carbocycles. The maximum Gasteiger partial charge on any atom is 0.253 e. The molecule has 0 radical (unpaired) electrons. The number of hydrogen-bond acceptors (Lipinski definition) is 3. The Bertz CT molecular complexity index is 1190. The third-order valence-corrected chi connectivity index (χ3v) is 7.25. The van der Waals surface area contributed by atoms with Gasteiger partial charge in [0.05, 0.1) is 5.56 Å². The Balaban J connectivity index is 1.36. The van der Waals surface area contributed by atoms with Gasteiger partial charge in [-0.3, -0.25) is 9.59 Å². The van der Waals surface area contributed by atoms with Gasteiger partial charge in [0.2, 0.25) is 5.91 Å². The zero-order valence-corrected chi connectivity index (χ0v) is 20.1. The number of nitrogens with one attached hydrogen (secondary N) is 2. The van der Waals surface area contributed by atoms with Crippen molar-refractivity contribution in [2.45, 2.75) is 45.1 Å². The van der Waals surface area contributed by atoms with Crippen LogP contribution >= 0.6 is 0 Å². The second-order valence-electron chi connectivity index (χ2n) is 9.63. The lowest BCUT2D eigenvalue weighted by Crippen LogP contribution is -2.33. The Kier molecular flexibility index (Phi) is 7.12. The highest BCUT2D eigenvalue weighted by Crippen LogP contribution is 2.31. The zero-order valence-electron chi connectivity index (χ0n) is 20.1. The van der Waals surface area contributed by atoms with Crippen LogP contribution in [0.25, 0.3) is 0 Å². The Morgan fingerprint density at radius 3 is 2.43 bits per heavy atom. The highest BCUT2D eigenvalue weighted by molar-refractivity contribution is 6.02. The van der Waals surface area contributed by atoms with Gasteiger partial charge >= 0.3 is 0 Å². The van der Waals surface area contributed by atoms with E-state index in [0.29, 0.717) is 17.8 Å². The summed E-state index contributed by atoms with van der Waals surface area (Å²) in [6, 6.07) is 24.4. The van der Waals surface area contributed by atoms with Gasteiger partial charge in [-0.05, 0) is 60.6 Å². The van der Waals surface area contributed by atoms with Gasteiger partial charge in [-0.2, -0.15) is 0 Å². The van der Waals surface area contributed by atoms with Gasteiger partial charge in [-0.1, -0.05) is 67.4 Å². The molecule has 1 fully saturated rings. The highest BCUT2D eigenvalue weighted by atomic mass is 16.2. The molecule has 3 aromatic rings. The monoisotopic (exact) mass is 467 g/mol. The zero-order chi connectivity index (χ0) is 24.0. The van der Waals surface area contributed by atoms with E-state index in [1.807, 2.05) is 36.4 Å². The highest BCUT2D eigenvalue weighted by Gasteiger charge is 2.25. The van der Waals surface area contributed by atoms with Crippen molar-refractivity contribution in [2.24, 2.45) is 5.92 Å². The Hall–Kier alpha value is -3.60. The lowest BCUT2D eigenvalue weighted by molar-refractivity contribution is -0.119. The van der Waals surface area contributed by atoms with Crippen LogP contribution in [0, 0.1) is 5.92 Å². The van der Waals surface area contributed by atoms with Crippen molar-refractivity contribution in [3.8, 4) is 0 Å². The summed E-state index contributed by atoms with van der Waals surface area (Å²) in [5.74, 6) is 0.0424. The van der Waals surface area contributed by atoms with Crippen LogP contribution < -0.4 is 15.5 Å². The van der Waals surface area contributed by atoms with Crippen LogP contribution in [0.5, 0.6) is 0 Å². The topological polar surface area (TPSA) is 61.4 Å². The van der Waals surface area contributed by atoms with E-state index < -0.39 is 0 Å². The predicted molar refractivity (Wildman–Crippen MR) is 141 cm³/mol. The smallest absolute Gasteiger partial charge is 0.253 e. The molecule has 5 nitrogen and oxygen atoms in total. The first kappa shape index (κ1) is 23.2. The number of carbonyl (C=O) groups is 2. The first-order chi connectivity index (χ1) is 17.2. The molecule has 0 bridgehead atoms. The first-order valence-electron chi connectivity index (χ1n) is 12.8. The van der Waals surface area contributed by atoms with Crippen molar-refractivity contribution in [1.29, 1.82) is 0 Å². The van der Waals surface area contributed by atoms with Crippen molar-refractivity contribution >= 4 is 23.2 Å². The minimum atomic E-state index is -0.105. The van der Waals surface area contributed by atoms with Gasteiger partial charge < -0.3 is 15.5 Å². The molecule has 2 amide bonds. The van der Waals surface area contributed by atoms with Gasteiger partial charge in [0.15, 0.2) is 0 Å². The molecule has 0 unspecified atom stereocenters. The Morgan fingerprint density at radius 1 is 0.886 bits per heavy atom. The molecule has 0 spiro atoms. The van der Waals surface area contributed by atoms with E-state index >= 15 is 0 Å². The number of anilines is 2. The SMILES string of the molecule is O=C(NCCc1ccccc1)c1cc(NC(=O)C2CCCC2)ccc1N1CCc2ccccc2C1. The molecule has 1 aliphatic heterocycles. The molecule has 2 aliphatic rings. The maximum atomic E-state index is 13.4. The number of fused-ring (bicyclic) bond motifs is 1. The summed E-state index contributed by atoms with van der Waals surface area (Å²) in [6.07, 6.45) is 5.85. The average molecular weight is 468 g/mol. The summed E-state index contributed by atoms with van der Waals surface area (Å²) >= 11 is 0. The van der Waals surface area contributed by atoms with Crippen molar-refractivity contribution in [1.82, 2.24) is 5.32 Å². The van der Waals surface area contributed by atoms with E-state index in [0.717, 1.165) is 57.3 Å². The number of carbonyl (C=O) groups excluding carboxylic acids is 2. The van der Waals surface area contributed by atoms with Gasteiger partial charge in [0.1, 0.15) is 0 Å². The molecule has 5 heteroatoms. The van der Waals surface area contributed by atoms with Crippen LogP contribution in [-0.4, -0.2) is 24.9 Å². The predicted octanol–water partition coefficient (Wildman–Crippen LogP) is 5.35. The van der Waals surface area contributed by atoms with E-state index in [4.69, 9.17) is 0 Å². The van der Waals surface area contributed by atoms with Crippen LogP contribution in [0.3, 0.4) is 0 Å². The molecule has 5 rings (SSSR count). The van der Waals surface area contributed by atoms with Gasteiger partial charge in [0.25, 0.3) is 5.91 Å². The molecule has 1 aliphatic carbocycles. The van der Waals surface area contributed by atoms with Crippen molar-refractivity contribution in [3.63, 3.8) is 0 Å². The Labute approximate surface area is 207 Å². The van der Waals surface area contributed by atoms with Gasteiger partial charge in [-0.15, -0.1) is 0 Å². The van der Waals surface area contributed by atoms with Crippen LogP contribution in [-0.2, 0) is 24.2 Å². The molecule has 1 heterocycles. The summed E-state index contributed by atoms with van der Waals surface area (Å²) in [5, 5.41) is 6.17. The number of hydrogen-bond donors (Lipinski definition) is 2. The lowest BCUT2D eigenvalue weighted by Gasteiger charge is -2.32. The van der Waals surface area contributed by atoms with Crippen LogP contribution in [0.15, 0.2) is 72.8 Å². The van der Waals surface area contributed by atoms with E-state index in [1.165, 1.54) is 16.7 Å². The third kappa shape index (κ3) is 5.56. The normalized spacial score (nSPS) is 15.5. The third-order valence-electron chi connectivity index (χ3n) is 7.25. The summed E-state index contributed by atoms with van der Waals surface area (Å²) in [7, 11) is 0. The van der Waals surface area contributed by atoms with Crippen molar-refractivity contribution in [2.75, 3.05) is 23.3 Å². The molecule has 35 heavy (non-hydrogen) atoms. The maximum absolute atomic E-state index is 13.4. The Morgan fingerprint density at radius 2 is 1.63 bits per heavy atom. The van der Waals surface area contributed by atoms with E-state index in [9.17, 15) is 9.59 Å². The van der Waals surface area contributed by atoms with Crippen LogP contribution in [0.4, 0.5) is 11.4 Å². The fourth-order valence-corrected chi connectivity index (χ4v) is 5.27. The van der Waals surface area contributed by atoms with E-state index in [1.54, 1.807) is 0 Å². The minimum absolute atomic E-state index is 0.0672. The quantitative estimate of drug-likeness (QED) is 0.492. The summed E-state index contributed by atoms with van der Waals surface area (Å²) in [4.78, 5) is 28.4. The molecule has 1 saturated carbocycles. The molecule has 0 aromatic heterocycles. The summed E-state index contributed by atoms with van der Waals surface area (Å²) < 4.78 is 0. The second kappa shape index (κ2) is 10.8. The molecule has 2 N–H and O–H groups in total. The number of rotatable bonds is 7. The van der Waals surface area contributed by atoms with Crippen molar-refractivity contribution in [3.05, 3.63) is 95.1 Å². The van der Waals surface area contributed by atoms with E-state index in [-0.39, 0.29) is 17.7 Å². The molecule has 0 atom stereocenters. The largest absolute Gasteiger partial charge is 0.366 e. The fraction of sp³-hybridized carbons (Fsp3) is 0.333. The molecular formula is C30H33N3O2. The molecule has 180 valence electrons. The first-order valence-corrected chi connectivity index (χ1v) is 12.8. The minimum Gasteiger partial charge on any atom is -0.366 e. The number of benzene rings is 3. The summed E-state index contributed by atoms with van der Waals surface area (Å²) in [5.41, 5.74) is 6.08. The summed E-state index contributed by atoms with van der Waals surface area (Å²) in [6.45, 7) is 2.19. The second-order valence-corrected chi connectivity index (χ2v) is 9.63. The molecule has 0 saturated heterocycles. The van der Waals surface area contributed by atoms with Crippen molar-refractivity contribution < 1.29 is 9.59 Å².